The Morgan fingerprint density at radius 3 is 2.43 bits per heavy atom. The van der Waals surface area contributed by atoms with Gasteiger partial charge in [0.05, 0.1) is 21.4 Å². The maximum absolute atomic E-state index is 13.8. The summed E-state index contributed by atoms with van der Waals surface area (Å²) in [5.41, 5.74) is 0.565. The van der Waals surface area contributed by atoms with E-state index in [1.807, 2.05) is 0 Å². The fraction of sp³-hybridized carbons (Fsp3) is 0.316. The Balaban J connectivity index is 1.56. The molecule has 1 amide bonds. The van der Waals surface area contributed by atoms with Gasteiger partial charge in [0.25, 0.3) is 5.91 Å². The quantitative estimate of drug-likeness (QED) is 0.760. The molecule has 0 atom stereocenters. The second-order valence-corrected chi connectivity index (χ2v) is 9.24. The van der Waals surface area contributed by atoms with Crippen LogP contribution in [-0.2, 0) is 15.8 Å². The number of sulfonamides is 1. The predicted molar refractivity (Wildman–Crippen MR) is 108 cm³/mol. The standard InChI is InChI=1S/C19H19Cl2FN2O3S/c20-16-6-5-13(11-17(16)21)12-28(26,27)23-14-7-9-24(10-8-14)19(25)15-3-1-2-4-18(15)22/h1-6,11,14,23H,7-10,12H2. The van der Waals surface area contributed by atoms with Crippen LogP contribution in [0.2, 0.25) is 10.0 Å². The Kier molecular flexibility index (Phi) is 6.60. The molecule has 0 aromatic heterocycles. The molecule has 2 aromatic carbocycles. The molecule has 1 aliphatic heterocycles. The number of piperidine rings is 1. The molecule has 2 aromatic rings. The van der Waals surface area contributed by atoms with Crippen molar-refractivity contribution in [3.05, 3.63) is 69.5 Å². The van der Waals surface area contributed by atoms with E-state index in [0.717, 1.165) is 0 Å². The van der Waals surface area contributed by atoms with Crippen LogP contribution in [0.25, 0.3) is 0 Å². The average molecular weight is 445 g/mol. The van der Waals surface area contributed by atoms with Gasteiger partial charge in [0.1, 0.15) is 5.82 Å². The molecule has 1 saturated heterocycles. The third-order valence-corrected chi connectivity index (χ3v) is 6.72. The summed E-state index contributed by atoms with van der Waals surface area (Å²) in [6, 6.07) is 10.3. The summed E-state index contributed by atoms with van der Waals surface area (Å²) in [5, 5.41) is 0.664. The smallest absolute Gasteiger partial charge is 0.256 e. The van der Waals surface area contributed by atoms with E-state index in [2.05, 4.69) is 4.72 Å². The summed E-state index contributed by atoms with van der Waals surface area (Å²) in [5.74, 6) is -1.15. The van der Waals surface area contributed by atoms with Crippen LogP contribution in [0.4, 0.5) is 4.39 Å². The van der Waals surface area contributed by atoms with Crippen molar-refractivity contribution in [1.82, 2.24) is 9.62 Å². The van der Waals surface area contributed by atoms with Gasteiger partial charge in [-0.25, -0.2) is 17.5 Å². The van der Waals surface area contributed by atoms with Crippen LogP contribution in [0.15, 0.2) is 42.5 Å². The second-order valence-electron chi connectivity index (χ2n) is 6.67. The summed E-state index contributed by atoms with van der Waals surface area (Å²) in [7, 11) is -3.58. The number of hydrogen-bond acceptors (Lipinski definition) is 3. The van der Waals surface area contributed by atoms with Crippen LogP contribution in [-0.4, -0.2) is 38.4 Å². The Morgan fingerprint density at radius 2 is 1.79 bits per heavy atom. The molecule has 0 unspecified atom stereocenters. The number of rotatable bonds is 5. The van der Waals surface area contributed by atoms with E-state index in [4.69, 9.17) is 23.2 Å². The van der Waals surface area contributed by atoms with E-state index in [1.165, 1.54) is 24.3 Å². The molecule has 28 heavy (non-hydrogen) atoms. The number of benzene rings is 2. The number of carbonyl (C=O) groups is 1. The summed E-state index contributed by atoms with van der Waals surface area (Å²) in [6.07, 6.45) is 0.918. The van der Waals surface area contributed by atoms with Gasteiger partial charge >= 0.3 is 0 Å². The second kappa shape index (κ2) is 8.78. The largest absolute Gasteiger partial charge is 0.338 e. The zero-order valence-electron chi connectivity index (χ0n) is 14.9. The number of halogens is 3. The number of likely N-dealkylation sites (tertiary alicyclic amines) is 1. The first-order valence-corrected chi connectivity index (χ1v) is 11.1. The molecule has 150 valence electrons. The van der Waals surface area contributed by atoms with Gasteiger partial charge in [0.2, 0.25) is 10.0 Å². The Hall–Kier alpha value is -1.67. The van der Waals surface area contributed by atoms with Crippen LogP contribution in [0.1, 0.15) is 28.8 Å². The number of amides is 1. The minimum absolute atomic E-state index is 0.0288. The fourth-order valence-electron chi connectivity index (χ4n) is 3.15. The lowest BCUT2D eigenvalue weighted by Crippen LogP contribution is -2.46. The van der Waals surface area contributed by atoms with E-state index < -0.39 is 15.8 Å². The van der Waals surface area contributed by atoms with Crippen LogP contribution in [0.5, 0.6) is 0 Å². The van der Waals surface area contributed by atoms with Crippen molar-refractivity contribution in [2.24, 2.45) is 0 Å². The first kappa shape index (κ1) is 21.0. The highest BCUT2D eigenvalue weighted by Gasteiger charge is 2.27. The average Bonchev–Trinajstić information content (AvgIpc) is 2.64. The van der Waals surface area contributed by atoms with Gasteiger partial charge in [0.15, 0.2) is 0 Å². The fourth-order valence-corrected chi connectivity index (χ4v) is 4.92. The molecule has 1 N–H and O–H groups in total. The Labute approximate surface area is 173 Å². The zero-order valence-corrected chi connectivity index (χ0v) is 17.2. The van der Waals surface area contributed by atoms with E-state index in [0.29, 0.717) is 41.5 Å². The topological polar surface area (TPSA) is 66.5 Å². The summed E-state index contributed by atoms with van der Waals surface area (Å²) < 4.78 is 41.3. The van der Waals surface area contributed by atoms with E-state index in [9.17, 15) is 17.6 Å². The minimum atomic E-state index is -3.58. The molecule has 1 heterocycles. The summed E-state index contributed by atoms with van der Waals surface area (Å²) >= 11 is 11.8. The first-order valence-electron chi connectivity index (χ1n) is 8.73. The third-order valence-electron chi connectivity index (χ3n) is 4.57. The lowest BCUT2D eigenvalue weighted by atomic mass is 10.0. The monoisotopic (exact) mass is 444 g/mol. The highest BCUT2D eigenvalue weighted by molar-refractivity contribution is 7.88. The predicted octanol–water partition coefficient (Wildman–Crippen LogP) is 3.86. The SMILES string of the molecule is O=C(c1ccccc1F)N1CCC(NS(=O)(=O)Cc2ccc(Cl)c(Cl)c2)CC1. The molecule has 1 aliphatic rings. The number of nitrogens with one attached hydrogen (secondary N) is 1. The molecule has 3 rings (SSSR count). The van der Waals surface area contributed by atoms with Gasteiger partial charge in [-0.05, 0) is 42.7 Å². The molecule has 0 aliphatic carbocycles. The normalized spacial score (nSPS) is 15.6. The van der Waals surface area contributed by atoms with Gasteiger partial charge in [-0.3, -0.25) is 4.79 Å². The number of carbonyl (C=O) groups excluding carboxylic acids is 1. The van der Waals surface area contributed by atoms with Crippen LogP contribution >= 0.6 is 23.2 Å². The Bertz CT molecular complexity index is 977. The molecule has 1 fully saturated rings. The number of nitrogens with zero attached hydrogens (tertiary/aromatic N) is 1. The van der Waals surface area contributed by atoms with Crippen molar-refractivity contribution >= 4 is 39.1 Å². The molecular formula is C19H19Cl2FN2O3S. The Morgan fingerprint density at radius 1 is 1.11 bits per heavy atom. The maximum atomic E-state index is 13.8. The van der Waals surface area contributed by atoms with Crippen molar-refractivity contribution in [3.8, 4) is 0 Å². The zero-order chi connectivity index (χ0) is 20.3. The van der Waals surface area contributed by atoms with E-state index in [1.54, 1.807) is 23.1 Å². The van der Waals surface area contributed by atoms with E-state index in [-0.39, 0.29) is 23.3 Å². The molecule has 9 heteroatoms. The number of hydrogen-bond donors (Lipinski definition) is 1. The minimum Gasteiger partial charge on any atom is -0.338 e. The van der Waals surface area contributed by atoms with Gasteiger partial charge in [-0.1, -0.05) is 41.4 Å². The maximum Gasteiger partial charge on any atom is 0.256 e. The molecule has 0 radical (unpaired) electrons. The van der Waals surface area contributed by atoms with Crippen molar-refractivity contribution < 1.29 is 17.6 Å². The molecule has 0 saturated carbocycles. The molecule has 5 nitrogen and oxygen atoms in total. The lowest BCUT2D eigenvalue weighted by Gasteiger charge is -2.32. The van der Waals surface area contributed by atoms with Gasteiger partial charge in [0, 0.05) is 19.1 Å². The van der Waals surface area contributed by atoms with Crippen molar-refractivity contribution in [1.29, 1.82) is 0 Å². The molecule has 0 bridgehead atoms. The van der Waals surface area contributed by atoms with Gasteiger partial charge in [-0.15, -0.1) is 0 Å². The van der Waals surface area contributed by atoms with Crippen LogP contribution in [0, 0.1) is 5.82 Å². The molecule has 0 spiro atoms. The van der Waals surface area contributed by atoms with Crippen molar-refractivity contribution in [2.75, 3.05) is 13.1 Å². The van der Waals surface area contributed by atoms with E-state index >= 15 is 0 Å². The van der Waals surface area contributed by atoms with Gasteiger partial charge < -0.3 is 4.90 Å². The summed E-state index contributed by atoms with van der Waals surface area (Å²) in [6.45, 7) is 0.709. The van der Waals surface area contributed by atoms with Gasteiger partial charge in [-0.2, -0.15) is 0 Å². The third kappa shape index (κ3) is 5.23. The van der Waals surface area contributed by atoms with Crippen molar-refractivity contribution in [3.63, 3.8) is 0 Å². The highest BCUT2D eigenvalue weighted by Crippen LogP contribution is 2.24. The highest BCUT2D eigenvalue weighted by atomic mass is 35.5. The summed E-state index contributed by atoms with van der Waals surface area (Å²) in [4.78, 5) is 14.0. The van der Waals surface area contributed by atoms with Crippen LogP contribution in [0.3, 0.4) is 0 Å². The van der Waals surface area contributed by atoms with Crippen molar-refractivity contribution in [2.45, 2.75) is 24.6 Å². The lowest BCUT2D eigenvalue weighted by molar-refractivity contribution is 0.0706. The first-order chi connectivity index (χ1) is 13.2. The molecular weight excluding hydrogens is 426 g/mol. The van der Waals surface area contributed by atoms with Crippen LogP contribution < -0.4 is 4.72 Å².